The Bertz CT molecular complexity index is 1190. The second-order valence-corrected chi connectivity index (χ2v) is 8.52. The Kier molecular flexibility index (Phi) is 3.55. The van der Waals surface area contributed by atoms with Crippen LogP contribution in [-0.2, 0) is 4.79 Å². The van der Waals surface area contributed by atoms with Crippen molar-refractivity contribution in [1.29, 1.82) is 10.5 Å². The van der Waals surface area contributed by atoms with Gasteiger partial charge in [0.1, 0.15) is 21.4 Å². The molecule has 0 unspecified atom stereocenters. The number of aromatic nitrogens is 3. The maximum atomic E-state index is 13.3. The number of hydrogen-bond donors (Lipinski definition) is 0. The van der Waals surface area contributed by atoms with E-state index in [9.17, 15) is 10.1 Å². The predicted octanol–water partition coefficient (Wildman–Crippen LogP) is 3.23. The zero-order valence-corrected chi connectivity index (χ0v) is 16.0. The average molecular weight is 388 g/mol. The molecule has 4 heterocycles. The van der Waals surface area contributed by atoms with E-state index >= 15 is 0 Å². The van der Waals surface area contributed by atoms with Gasteiger partial charge in [-0.15, -0.1) is 11.3 Å². The highest BCUT2D eigenvalue weighted by molar-refractivity contribution is 7.15. The molecule has 8 heteroatoms. The van der Waals surface area contributed by atoms with Crippen molar-refractivity contribution in [3.63, 3.8) is 0 Å². The standard InChI is InChI=1S/C20H16N6OS/c1-12-9-25(19(27)20(12,11-22)14-2-3-14)16-4-5-24-26-10-13(6-17(16)26)18-23-8-15(7-21)28-18/h4-6,8,10,12,14H,2-3,9H2,1H3/t12-,20+/m1/s1. The van der Waals surface area contributed by atoms with Crippen molar-refractivity contribution < 1.29 is 4.79 Å². The van der Waals surface area contributed by atoms with Crippen molar-refractivity contribution >= 4 is 28.4 Å². The molecule has 2 fully saturated rings. The number of nitrogens with zero attached hydrogens (tertiary/aromatic N) is 6. The van der Waals surface area contributed by atoms with Crippen molar-refractivity contribution in [2.45, 2.75) is 19.8 Å². The lowest BCUT2D eigenvalue weighted by atomic mass is 9.75. The van der Waals surface area contributed by atoms with Gasteiger partial charge in [0, 0.05) is 30.4 Å². The quantitative estimate of drug-likeness (QED) is 0.686. The fourth-order valence-electron chi connectivity index (χ4n) is 4.31. The Morgan fingerprint density at radius 2 is 2.18 bits per heavy atom. The molecule has 0 radical (unpaired) electrons. The lowest BCUT2D eigenvalue weighted by molar-refractivity contribution is -0.124. The number of carbonyl (C=O) groups is 1. The maximum Gasteiger partial charge on any atom is 0.248 e. The second-order valence-electron chi connectivity index (χ2n) is 7.49. The number of fused-ring (bicyclic) bond motifs is 1. The number of nitriles is 2. The van der Waals surface area contributed by atoms with E-state index in [-0.39, 0.29) is 17.7 Å². The molecule has 1 saturated carbocycles. The van der Waals surface area contributed by atoms with Gasteiger partial charge < -0.3 is 4.90 Å². The fraction of sp³-hybridized carbons (Fsp3) is 0.350. The van der Waals surface area contributed by atoms with Crippen LogP contribution in [0.1, 0.15) is 24.6 Å². The first-order chi connectivity index (χ1) is 13.6. The summed E-state index contributed by atoms with van der Waals surface area (Å²) in [6, 6.07) is 8.23. The van der Waals surface area contributed by atoms with E-state index in [2.05, 4.69) is 22.2 Å². The minimum absolute atomic E-state index is 0.0164. The molecule has 3 aromatic heterocycles. The van der Waals surface area contributed by atoms with Gasteiger partial charge in [0.15, 0.2) is 0 Å². The molecular weight excluding hydrogens is 372 g/mol. The first-order valence-electron chi connectivity index (χ1n) is 9.15. The van der Waals surface area contributed by atoms with Crippen LogP contribution < -0.4 is 4.90 Å². The molecule has 28 heavy (non-hydrogen) atoms. The largest absolute Gasteiger partial charge is 0.309 e. The van der Waals surface area contributed by atoms with E-state index in [1.54, 1.807) is 21.8 Å². The molecule has 7 nitrogen and oxygen atoms in total. The van der Waals surface area contributed by atoms with Crippen LogP contribution in [-0.4, -0.2) is 27.0 Å². The van der Waals surface area contributed by atoms with Crippen LogP contribution in [0.25, 0.3) is 16.1 Å². The molecule has 1 aliphatic heterocycles. The molecule has 3 aromatic rings. The van der Waals surface area contributed by atoms with E-state index in [1.165, 1.54) is 11.3 Å². The fourth-order valence-corrected chi connectivity index (χ4v) is 5.01. The number of amides is 1. The Morgan fingerprint density at radius 3 is 2.86 bits per heavy atom. The Balaban J connectivity index is 1.59. The third-order valence-electron chi connectivity index (χ3n) is 5.88. The maximum absolute atomic E-state index is 13.3. The van der Waals surface area contributed by atoms with Crippen molar-refractivity contribution in [1.82, 2.24) is 14.6 Å². The summed E-state index contributed by atoms with van der Waals surface area (Å²) in [5.41, 5.74) is 1.48. The first-order valence-corrected chi connectivity index (χ1v) is 9.97. The van der Waals surface area contributed by atoms with Gasteiger partial charge >= 0.3 is 0 Å². The number of rotatable bonds is 3. The summed E-state index contributed by atoms with van der Waals surface area (Å²) in [5, 5.41) is 24.0. The average Bonchev–Trinajstić information content (AvgIpc) is 3.18. The lowest BCUT2D eigenvalue weighted by Crippen LogP contribution is -2.37. The molecule has 5 rings (SSSR count). The Labute approximate surface area is 165 Å². The monoisotopic (exact) mass is 388 g/mol. The topological polar surface area (TPSA) is 98.1 Å². The van der Waals surface area contributed by atoms with Crippen LogP contribution in [0.5, 0.6) is 0 Å². The van der Waals surface area contributed by atoms with Crippen LogP contribution in [0.15, 0.2) is 30.7 Å². The molecule has 1 aliphatic carbocycles. The summed E-state index contributed by atoms with van der Waals surface area (Å²) < 4.78 is 1.72. The smallest absolute Gasteiger partial charge is 0.248 e. The summed E-state index contributed by atoms with van der Waals surface area (Å²) in [7, 11) is 0. The summed E-state index contributed by atoms with van der Waals surface area (Å²) in [6.45, 7) is 2.53. The van der Waals surface area contributed by atoms with E-state index in [0.29, 0.717) is 11.4 Å². The van der Waals surface area contributed by atoms with E-state index in [1.807, 2.05) is 25.3 Å². The summed E-state index contributed by atoms with van der Waals surface area (Å²) in [5.74, 6) is 0.0593. The molecule has 0 N–H and O–H groups in total. The number of hydrogen-bond acceptors (Lipinski definition) is 6. The predicted molar refractivity (Wildman–Crippen MR) is 103 cm³/mol. The van der Waals surface area contributed by atoms with Crippen LogP contribution >= 0.6 is 11.3 Å². The molecule has 2 aliphatic rings. The molecule has 1 amide bonds. The third-order valence-corrected chi connectivity index (χ3v) is 6.83. The Morgan fingerprint density at radius 1 is 1.36 bits per heavy atom. The van der Waals surface area contributed by atoms with Crippen LogP contribution in [0.2, 0.25) is 0 Å². The van der Waals surface area contributed by atoms with Gasteiger partial charge in [0.05, 0.1) is 23.5 Å². The Hall–Kier alpha value is -3.23. The third kappa shape index (κ3) is 2.22. The van der Waals surface area contributed by atoms with Crippen molar-refractivity contribution in [3.05, 3.63) is 35.6 Å². The van der Waals surface area contributed by atoms with Crippen LogP contribution in [0, 0.1) is 39.9 Å². The van der Waals surface area contributed by atoms with E-state index < -0.39 is 5.41 Å². The van der Waals surface area contributed by atoms with Gasteiger partial charge in [-0.2, -0.15) is 15.6 Å². The van der Waals surface area contributed by atoms with Gasteiger partial charge in [-0.05, 0) is 30.9 Å². The SMILES string of the molecule is C[C@@H]1CN(c2ccnn3cc(-c4ncc(C#N)s4)cc23)C(=O)[C@]1(C#N)C1CC1. The normalized spacial score (nSPS) is 24.5. The highest BCUT2D eigenvalue weighted by Crippen LogP contribution is 2.54. The second kappa shape index (κ2) is 5.88. The van der Waals surface area contributed by atoms with Gasteiger partial charge in [-0.3, -0.25) is 4.79 Å². The molecule has 0 aromatic carbocycles. The van der Waals surface area contributed by atoms with Gasteiger partial charge in [0.2, 0.25) is 5.91 Å². The van der Waals surface area contributed by atoms with Crippen molar-refractivity contribution in [3.8, 4) is 22.7 Å². The van der Waals surface area contributed by atoms with Crippen molar-refractivity contribution in [2.24, 2.45) is 17.3 Å². The van der Waals surface area contributed by atoms with Crippen LogP contribution in [0.4, 0.5) is 5.69 Å². The van der Waals surface area contributed by atoms with E-state index in [4.69, 9.17) is 5.26 Å². The minimum atomic E-state index is -0.910. The molecule has 0 bridgehead atoms. The molecular formula is C20H16N6OS. The lowest BCUT2D eigenvalue weighted by Gasteiger charge is -2.23. The zero-order valence-electron chi connectivity index (χ0n) is 15.2. The summed E-state index contributed by atoms with van der Waals surface area (Å²) >= 11 is 1.32. The summed E-state index contributed by atoms with van der Waals surface area (Å²) in [6.07, 6.45) is 6.96. The highest BCUT2D eigenvalue weighted by Gasteiger charge is 2.61. The van der Waals surface area contributed by atoms with Gasteiger partial charge in [-0.25, -0.2) is 9.50 Å². The zero-order chi connectivity index (χ0) is 19.5. The molecule has 138 valence electrons. The highest BCUT2D eigenvalue weighted by atomic mass is 32.1. The van der Waals surface area contributed by atoms with E-state index in [0.717, 1.165) is 34.6 Å². The van der Waals surface area contributed by atoms with Gasteiger partial charge in [0.25, 0.3) is 0 Å². The molecule has 0 spiro atoms. The number of carbonyl (C=O) groups excluding carboxylic acids is 1. The first kappa shape index (κ1) is 16.9. The van der Waals surface area contributed by atoms with Crippen LogP contribution in [0.3, 0.4) is 0 Å². The molecule has 2 atom stereocenters. The minimum Gasteiger partial charge on any atom is -0.309 e. The summed E-state index contributed by atoms with van der Waals surface area (Å²) in [4.78, 5) is 19.9. The number of thiazole rings is 1. The van der Waals surface area contributed by atoms with Gasteiger partial charge in [-0.1, -0.05) is 6.92 Å². The molecule has 1 saturated heterocycles. The number of anilines is 1. The van der Waals surface area contributed by atoms with Crippen molar-refractivity contribution in [2.75, 3.05) is 11.4 Å².